The van der Waals surface area contributed by atoms with E-state index < -0.39 is 0 Å². The van der Waals surface area contributed by atoms with Gasteiger partial charge in [0, 0.05) is 23.6 Å². The quantitative estimate of drug-likeness (QED) is 0.550. The van der Waals surface area contributed by atoms with Crippen LogP contribution in [0.4, 0.5) is 0 Å². The van der Waals surface area contributed by atoms with Crippen LogP contribution in [0.1, 0.15) is 62.3 Å². The molecule has 4 rings (SSSR count). The highest BCUT2D eigenvalue weighted by Crippen LogP contribution is 2.31. The summed E-state index contributed by atoms with van der Waals surface area (Å²) >= 11 is 1.64. The number of H-pyrrole nitrogens is 1. The van der Waals surface area contributed by atoms with E-state index >= 15 is 0 Å². The first-order valence-electron chi connectivity index (χ1n) is 10.1. The molecule has 0 amide bonds. The van der Waals surface area contributed by atoms with E-state index in [4.69, 9.17) is 10.7 Å². The number of nitrogens with one attached hydrogen (secondary N) is 2. The third-order valence-corrected chi connectivity index (χ3v) is 6.61. The predicted octanol–water partition coefficient (Wildman–Crippen LogP) is 2.84. The van der Waals surface area contributed by atoms with Crippen molar-refractivity contribution in [3.05, 3.63) is 44.7 Å². The summed E-state index contributed by atoms with van der Waals surface area (Å²) in [5.74, 6) is 1.32. The molecule has 2 aliphatic carbocycles. The van der Waals surface area contributed by atoms with E-state index in [-0.39, 0.29) is 6.04 Å². The fraction of sp³-hybridized carbons (Fsp3) is 0.500. The molecule has 0 saturated heterocycles. The van der Waals surface area contributed by atoms with Crippen molar-refractivity contribution >= 4 is 29.3 Å². The fourth-order valence-electron chi connectivity index (χ4n) is 4.47. The average molecular weight is 383 g/mol. The van der Waals surface area contributed by atoms with Gasteiger partial charge in [-0.05, 0) is 66.3 Å². The van der Waals surface area contributed by atoms with Gasteiger partial charge in [0.2, 0.25) is 0 Å². The fourth-order valence-corrected chi connectivity index (χ4v) is 5.10. The van der Waals surface area contributed by atoms with Gasteiger partial charge in [0.1, 0.15) is 5.84 Å². The Bertz CT molecular complexity index is 899. The van der Waals surface area contributed by atoms with Gasteiger partial charge in [-0.2, -0.15) is 0 Å². The summed E-state index contributed by atoms with van der Waals surface area (Å²) in [4.78, 5) is 9.27. The third-order valence-electron chi connectivity index (χ3n) is 5.72. The van der Waals surface area contributed by atoms with E-state index in [1.807, 2.05) is 17.5 Å². The van der Waals surface area contributed by atoms with Crippen LogP contribution in [0.2, 0.25) is 0 Å². The van der Waals surface area contributed by atoms with Crippen LogP contribution in [0, 0.1) is 0 Å². The normalized spacial score (nSPS) is 25.7. The molecule has 0 aliphatic heterocycles. The number of hydrogen-bond donors (Lipinski definition) is 3. The topological polar surface area (TPSA) is 66.2 Å². The van der Waals surface area contributed by atoms with Crippen molar-refractivity contribution in [1.82, 2.24) is 10.3 Å². The average Bonchev–Trinajstić information content (AvgIpc) is 3.31. The Kier molecular flexibility index (Phi) is 5.50. The molecule has 0 aromatic carbocycles. The molecule has 144 valence electrons. The zero-order valence-electron chi connectivity index (χ0n) is 16.2. The summed E-state index contributed by atoms with van der Waals surface area (Å²) in [7, 11) is 0. The molecule has 1 fully saturated rings. The van der Waals surface area contributed by atoms with Crippen molar-refractivity contribution in [2.75, 3.05) is 0 Å². The summed E-state index contributed by atoms with van der Waals surface area (Å²) in [6.45, 7) is 4.48. The van der Waals surface area contributed by atoms with Crippen molar-refractivity contribution in [1.29, 1.82) is 0 Å². The number of nitrogens with two attached hydrogens (primary N) is 1. The molecule has 5 heteroatoms. The van der Waals surface area contributed by atoms with Crippen molar-refractivity contribution in [2.24, 2.45) is 10.7 Å². The predicted molar refractivity (Wildman–Crippen MR) is 116 cm³/mol. The number of thiophene rings is 1. The molecule has 0 spiro atoms. The molecule has 4 nitrogen and oxygen atoms in total. The SMILES string of the molecule is CC(C)NC1CCC(c2c[nH]c3c2=CCC(N=C(N)c2cccs2)C=3)CC1. The zero-order chi connectivity index (χ0) is 18.8. The smallest absolute Gasteiger partial charge is 0.136 e. The van der Waals surface area contributed by atoms with Crippen LogP contribution in [0.25, 0.3) is 12.2 Å². The molecule has 1 atom stereocenters. The molecule has 2 heterocycles. The van der Waals surface area contributed by atoms with E-state index in [2.05, 4.69) is 42.5 Å². The van der Waals surface area contributed by atoms with Gasteiger partial charge in [-0.3, -0.25) is 4.99 Å². The number of nitrogens with zero attached hydrogens (tertiary/aromatic N) is 1. The lowest BCUT2D eigenvalue weighted by atomic mass is 9.81. The lowest BCUT2D eigenvalue weighted by molar-refractivity contribution is 0.325. The van der Waals surface area contributed by atoms with Crippen molar-refractivity contribution in [3.63, 3.8) is 0 Å². The summed E-state index contributed by atoms with van der Waals surface area (Å²) in [6, 6.07) is 5.43. The largest absolute Gasteiger partial charge is 0.383 e. The van der Waals surface area contributed by atoms with Crippen LogP contribution in [0.3, 0.4) is 0 Å². The third kappa shape index (κ3) is 4.19. The van der Waals surface area contributed by atoms with Gasteiger partial charge in [0.05, 0.1) is 10.9 Å². The second-order valence-electron chi connectivity index (χ2n) is 8.11. The number of rotatable bonds is 5. The van der Waals surface area contributed by atoms with Gasteiger partial charge in [-0.15, -0.1) is 11.3 Å². The lowest BCUT2D eigenvalue weighted by Gasteiger charge is -2.30. The lowest BCUT2D eigenvalue weighted by Crippen LogP contribution is -2.38. The Morgan fingerprint density at radius 2 is 2.11 bits per heavy atom. The second kappa shape index (κ2) is 8.03. The Morgan fingerprint density at radius 1 is 1.30 bits per heavy atom. The first-order valence-corrected chi connectivity index (χ1v) is 11.0. The van der Waals surface area contributed by atoms with Gasteiger partial charge in [0.15, 0.2) is 0 Å². The molecule has 4 N–H and O–H groups in total. The molecule has 1 unspecified atom stereocenters. The molecule has 2 aliphatic rings. The van der Waals surface area contributed by atoms with E-state index in [0.29, 0.717) is 23.8 Å². The van der Waals surface area contributed by atoms with Crippen molar-refractivity contribution in [3.8, 4) is 0 Å². The molecule has 0 bridgehead atoms. The maximum Gasteiger partial charge on any atom is 0.136 e. The Morgan fingerprint density at radius 3 is 2.81 bits per heavy atom. The minimum Gasteiger partial charge on any atom is -0.383 e. The van der Waals surface area contributed by atoms with Crippen LogP contribution >= 0.6 is 11.3 Å². The minimum atomic E-state index is 0.122. The van der Waals surface area contributed by atoms with Gasteiger partial charge >= 0.3 is 0 Å². The first kappa shape index (κ1) is 18.5. The Balaban J connectivity index is 1.48. The summed E-state index contributed by atoms with van der Waals surface area (Å²) in [5.41, 5.74) is 7.67. The molecule has 2 aromatic rings. The molecule has 2 aromatic heterocycles. The van der Waals surface area contributed by atoms with Crippen LogP contribution in [0.5, 0.6) is 0 Å². The number of aromatic nitrogens is 1. The minimum absolute atomic E-state index is 0.122. The van der Waals surface area contributed by atoms with Gasteiger partial charge in [-0.25, -0.2) is 0 Å². The summed E-state index contributed by atoms with van der Waals surface area (Å²) in [5, 5.41) is 8.35. The number of amidine groups is 1. The maximum atomic E-state index is 6.17. The van der Waals surface area contributed by atoms with Gasteiger partial charge in [-0.1, -0.05) is 26.0 Å². The first-order chi connectivity index (χ1) is 13.1. The number of aliphatic imine (C=N–C) groups is 1. The van der Waals surface area contributed by atoms with Crippen LogP contribution in [-0.2, 0) is 0 Å². The highest BCUT2D eigenvalue weighted by atomic mass is 32.1. The van der Waals surface area contributed by atoms with Crippen LogP contribution in [-0.4, -0.2) is 28.9 Å². The van der Waals surface area contributed by atoms with E-state index in [0.717, 1.165) is 11.3 Å². The van der Waals surface area contributed by atoms with E-state index in [9.17, 15) is 0 Å². The van der Waals surface area contributed by atoms with Crippen LogP contribution in [0.15, 0.2) is 28.7 Å². The molecule has 27 heavy (non-hydrogen) atoms. The van der Waals surface area contributed by atoms with Crippen molar-refractivity contribution < 1.29 is 0 Å². The molecule has 1 saturated carbocycles. The maximum absolute atomic E-state index is 6.17. The summed E-state index contributed by atoms with van der Waals surface area (Å²) < 4.78 is 0. The number of fused-ring (bicyclic) bond motifs is 1. The van der Waals surface area contributed by atoms with Crippen molar-refractivity contribution in [2.45, 2.75) is 70.0 Å². The standard InChI is InChI=1S/C22H30N4S/c1-14(2)25-16-7-5-15(6-8-16)19-13-24-20-12-17(9-10-18(19)20)26-22(23)21-4-3-11-27-21/h3-4,10-17,24-25H,5-9H2,1-2H3,(H2,23,26). The zero-order valence-corrected chi connectivity index (χ0v) is 17.1. The molecular weight excluding hydrogens is 352 g/mol. The highest BCUT2D eigenvalue weighted by molar-refractivity contribution is 7.12. The summed E-state index contributed by atoms with van der Waals surface area (Å²) in [6.07, 6.45) is 12.8. The van der Waals surface area contributed by atoms with E-state index in [1.165, 1.54) is 41.8 Å². The highest BCUT2D eigenvalue weighted by Gasteiger charge is 2.24. The Hall–Kier alpha value is -1.85. The molecule has 0 radical (unpaired) electrons. The second-order valence-corrected chi connectivity index (χ2v) is 9.05. The van der Waals surface area contributed by atoms with Crippen LogP contribution < -0.4 is 21.6 Å². The monoisotopic (exact) mass is 382 g/mol. The van der Waals surface area contributed by atoms with Gasteiger partial charge in [0.25, 0.3) is 0 Å². The number of hydrogen-bond acceptors (Lipinski definition) is 3. The van der Waals surface area contributed by atoms with Gasteiger partial charge < -0.3 is 16.0 Å². The van der Waals surface area contributed by atoms with E-state index in [1.54, 1.807) is 11.3 Å². The molecular formula is C22H30N4S. The Labute approximate surface area is 165 Å². The number of aromatic amines is 1.